The van der Waals surface area contributed by atoms with Crippen molar-refractivity contribution in [2.75, 3.05) is 0 Å². The van der Waals surface area contributed by atoms with Crippen molar-refractivity contribution >= 4 is 32.8 Å². The molecule has 0 atom stereocenters. The lowest BCUT2D eigenvalue weighted by Gasteiger charge is -2.05. The SMILES string of the molecule is O=S(=O)(O)c1ccc(C(F)(F)F)cc1.O=c1ccc2ccc(Sc3ccccc3)cc2o1. The lowest BCUT2D eigenvalue weighted by atomic mass is 10.2. The van der Waals surface area contributed by atoms with Gasteiger partial charge in [-0.05, 0) is 54.6 Å². The fourth-order valence-corrected chi connectivity index (χ4v) is 3.89. The minimum Gasteiger partial charge on any atom is -0.423 e. The quantitative estimate of drug-likeness (QED) is 0.291. The topological polar surface area (TPSA) is 84.6 Å². The first-order valence-corrected chi connectivity index (χ1v) is 11.2. The third kappa shape index (κ3) is 6.46. The minimum atomic E-state index is -4.52. The van der Waals surface area contributed by atoms with Crippen LogP contribution < -0.4 is 5.63 Å². The van der Waals surface area contributed by atoms with E-state index in [1.165, 1.54) is 6.07 Å². The van der Waals surface area contributed by atoms with Crippen LogP contribution in [0.2, 0.25) is 0 Å². The predicted molar refractivity (Wildman–Crippen MR) is 114 cm³/mol. The Kier molecular flexibility index (Phi) is 7.07. The van der Waals surface area contributed by atoms with E-state index in [9.17, 15) is 26.4 Å². The maximum Gasteiger partial charge on any atom is 0.416 e. The molecule has 4 rings (SSSR count). The molecule has 1 aromatic heterocycles. The Hall–Kier alpha value is -3.08. The molecule has 32 heavy (non-hydrogen) atoms. The highest BCUT2D eigenvalue weighted by molar-refractivity contribution is 7.99. The molecule has 10 heteroatoms. The van der Waals surface area contributed by atoms with E-state index in [0.717, 1.165) is 15.2 Å². The molecular formula is C22H15F3O5S2. The van der Waals surface area contributed by atoms with Gasteiger partial charge in [-0.1, -0.05) is 36.0 Å². The normalized spacial score (nSPS) is 11.6. The van der Waals surface area contributed by atoms with Crippen LogP contribution in [-0.2, 0) is 16.3 Å². The summed E-state index contributed by atoms with van der Waals surface area (Å²) in [5.41, 5.74) is -0.655. The summed E-state index contributed by atoms with van der Waals surface area (Å²) < 4.78 is 70.6. The van der Waals surface area contributed by atoms with Crippen LogP contribution >= 0.6 is 11.8 Å². The molecule has 166 valence electrons. The van der Waals surface area contributed by atoms with Crippen molar-refractivity contribution in [3.05, 3.63) is 101 Å². The molecule has 0 aliphatic rings. The van der Waals surface area contributed by atoms with Crippen molar-refractivity contribution in [2.45, 2.75) is 20.9 Å². The van der Waals surface area contributed by atoms with Crippen molar-refractivity contribution in [3.8, 4) is 0 Å². The van der Waals surface area contributed by atoms with Crippen molar-refractivity contribution in [3.63, 3.8) is 0 Å². The molecule has 5 nitrogen and oxygen atoms in total. The fourth-order valence-electron chi connectivity index (χ4n) is 2.54. The zero-order valence-corrected chi connectivity index (χ0v) is 17.7. The van der Waals surface area contributed by atoms with Crippen LogP contribution in [-0.4, -0.2) is 13.0 Å². The van der Waals surface area contributed by atoms with Crippen LogP contribution in [0.4, 0.5) is 13.2 Å². The van der Waals surface area contributed by atoms with Crippen LogP contribution in [0.3, 0.4) is 0 Å². The first kappa shape index (κ1) is 23.6. The average Bonchev–Trinajstić information content (AvgIpc) is 2.73. The number of fused-ring (bicyclic) bond motifs is 1. The van der Waals surface area contributed by atoms with Crippen LogP contribution in [0.15, 0.2) is 109 Å². The Balaban J connectivity index is 0.000000188. The van der Waals surface area contributed by atoms with E-state index in [1.807, 2.05) is 36.4 Å². The molecule has 0 aliphatic heterocycles. The van der Waals surface area contributed by atoms with Gasteiger partial charge in [0.2, 0.25) is 0 Å². The summed E-state index contributed by atoms with van der Waals surface area (Å²) in [5, 5.41) is 0.937. The number of alkyl halides is 3. The maximum atomic E-state index is 12.0. The van der Waals surface area contributed by atoms with Crippen molar-refractivity contribution in [2.24, 2.45) is 0 Å². The van der Waals surface area contributed by atoms with E-state index in [4.69, 9.17) is 8.97 Å². The highest BCUT2D eigenvalue weighted by Crippen LogP contribution is 2.30. The number of hydrogen-bond acceptors (Lipinski definition) is 5. The van der Waals surface area contributed by atoms with Gasteiger partial charge in [0.15, 0.2) is 0 Å². The van der Waals surface area contributed by atoms with Gasteiger partial charge in [0, 0.05) is 21.2 Å². The van der Waals surface area contributed by atoms with E-state index < -0.39 is 26.8 Å². The number of rotatable bonds is 3. The summed E-state index contributed by atoms with van der Waals surface area (Å²) in [6.45, 7) is 0. The molecule has 3 aromatic carbocycles. The Morgan fingerprint density at radius 1 is 0.812 bits per heavy atom. The Labute approximate surface area is 185 Å². The standard InChI is InChI=1S/C15H10O2S.C7H5F3O3S/c16-15-9-7-11-6-8-13(10-14(11)17-15)18-12-4-2-1-3-5-12;8-7(9,10)5-1-3-6(4-2-5)14(11,12)13/h1-10H;1-4H,(H,11,12,13). The van der Waals surface area contributed by atoms with Gasteiger partial charge < -0.3 is 4.42 Å². The van der Waals surface area contributed by atoms with Crippen LogP contribution in [0.1, 0.15) is 5.56 Å². The molecule has 4 aromatic rings. The molecule has 0 radical (unpaired) electrons. The van der Waals surface area contributed by atoms with Gasteiger partial charge in [-0.15, -0.1) is 0 Å². The van der Waals surface area contributed by atoms with E-state index in [0.29, 0.717) is 29.8 Å². The lowest BCUT2D eigenvalue weighted by Crippen LogP contribution is -2.05. The Bertz CT molecular complexity index is 1360. The Morgan fingerprint density at radius 2 is 1.44 bits per heavy atom. The van der Waals surface area contributed by atoms with Gasteiger partial charge >= 0.3 is 11.8 Å². The molecule has 0 aliphatic carbocycles. The molecule has 0 spiro atoms. The van der Waals surface area contributed by atoms with Gasteiger partial charge in [0.05, 0.1) is 10.5 Å². The van der Waals surface area contributed by atoms with Crippen LogP contribution in [0, 0.1) is 0 Å². The summed E-state index contributed by atoms with van der Waals surface area (Å²) in [6, 6.07) is 21.8. The summed E-state index contributed by atoms with van der Waals surface area (Å²) in [4.78, 5) is 12.8. The highest BCUT2D eigenvalue weighted by atomic mass is 32.2. The van der Waals surface area contributed by atoms with E-state index in [1.54, 1.807) is 17.8 Å². The van der Waals surface area contributed by atoms with E-state index >= 15 is 0 Å². The largest absolute Gasteiger partial charge is 0.423 e. The van der Waals surface area contributed by atoms with Crippen molar-refractivity contribution in [1.82, 2.24) is 0 Å². The third-order valence-electron chi connectivity index (χ3n) is 4.05. The number of halogens is 3. The average molecular weight is 480 g/mol. The maximum absolute atomic E-state index is 12.0. The van der Waals surface area contributed by atoms with Gasteiger partial charge in [-0.25, -0.2) is 4.79 Å². The Morgan fingerprint density at radius 3 is 2.03 bits per heavy atom. The van der Waals surface area contributed by atoms with Gasteiger partial charge in [0.25, 0.3) is 10.1 Å². The second kappa shape index (κ2) is 9.60. The number of benzene rings is 3. The van der Waals surface area contributed by atoms with Gasteiger partial charge in [-0.2, -0.15) is 21.6 Å². The summed E-state index contributed by atoms with van der Waals surface area (Å²) in [6.07, 6.45) is -4.52. The molecule has 0 fully saturated rings. The lowest BCUT2D eigenvalue weighted by molar-refractivity contribution is -0.137. The molecular weight excluding hydrogens is 465 g/mol. The zero-order chi connectivity index (χ0) is 23.4. The molecule has 1 N–H and O–H groups in total. The smallest absolute Gasteiger partial charge is 0.416 e. The first-order chi connectivity index (χ1) is 15.0. The molecule has 0 unspecified atom stereocenters. The second-order valence-electron chi connectivity index (χ2n) is 6.37. The molecule has 0 saturated heterocycles. The molecule has 1 heterocycles. The third-order valence-corrected chi connectivity index (χ3v) is 5.92. The molecule has 0 amide bonds. The summed E-state index contributed by atoms with van der Waals surface area (Å²) >= 11 is 1.65. The van der Waals surface area contributed by atoms with E-state index in [-0.39, 0.29) is 5.63 Å². The summed E-state index contributed by atoms with van der Waals surface area (Å²) in [7, 11) is -4.43. The second-order valence-corrected chi connectivity index (χ2v) is 8.93. The van der Waals surface area contributed by atoms with Gasteiger partial charge in [-0.3, -0.25) is 4.55 Å². The monoisotopic (exact) mass is 480 g/mol. The van der Waals surface area contributed by atoms with Crippen LogP contribution in [0.25, 0.3) is 11.0 Å². The fraction of sp³-hybridized carbons (Fsp3) is 0.0455. The first-order valence-electron chi connectivity index (χ1n) is 8.94. The van der Waals surface area contributed by atoms with E-state index in [2.05, 4.69) is 12.1 Å². The molecule has 0 bridgehead atoms. The predicted octanol–water partition coefficient (Wildman–Crippen LogP) is 5.90. The summed E-state index contributed by atoms with van der Waals surface area (Å²) in [5.74, 6) is 0. The van der Waals surface area contributed by atoms with Crippen molar-refractivity contribution in [1.29, 1.82) is 0 Å². The zero-order valence-electron chi connectivity index (χ0n) is 16.1. The minimum absolute atomic E-state index is 0.315. The van der Waals surface area contributed by atoms with Crippen LogP contribution in [0.5, 0.6) is 0 Å². The van der Waals surface area contributed by atoms with Crippen molar-refractivity contribution < 1.29 is 30.6 Å². The highest BCUT2D eigenvalue weighted by Gasteiger charge is 2.30. The van der Waals surface area contributed by atoms with Gasteiger partial charge in [0.1, 0.15) is 5.58 Å². The number of hydrogen-bond donors (Lipinski definition) is 1. The molecule has 0 saturated carbocycles.